The smallest absolute Gasteiger partial charge is 0.0279 e. The predicted octanol–water partition coefficient (Wildman–Crippen LogP) is 8.27. The van der Waals surface area contributed by atoms with Gasteiger partial charge in [-0.25, -0.2) is 0 Å². The number of allylic oxidation sites excluding steroid dienone is 2. The van der Waals surface area contributed by atoms with E-state index in [1.54, 1.807) is 0 Å². The molecule has 0 saturated carbocycles. The van der Waals surface area contributed by atoms with E-state index in [-0.39, 0.29) is 0 Å². The molecule has 0 saturated heterocycles. The van der Waals surface area contributed by atoms with E-state index in [1.807, 2.05) is 0 Å². The molecule has 0 fully saturated rings. The zero-order valence-corrected chi connectivity index (χ0v) is 16.1. The third-order valence-corrected chi connectivity index (χ3v) is 4.82. The molecule has 1 aromatic carbocycles. The first-order valence-electron chi connectivity index (χ1n) is 10.6. The van der Waals surface area contributed by atoms with Gasteiger partial charge in [-0.15, -0.1) is 0 Å². The predicted molar refractivity (Wildman–Crippen MR) is 110 cm³/mol. The first kappa shape index (κ1) is 21.0. The third-order valence-electron chi connectivity index (χ3n) is 4.82. The lowest BCUT2D eigenvalue weighted by Crippen LogP contribution is -1.85. The Morgan fingerprint density at radius 2 is 1.08 bits per heavy atom. The van der Waals surface area contributed by atoms with Gasteiger partial charge in [0.15, 0.2) is 0 Å². The van der Waals surface area contributed by atoms with Crippen LogP contribution in [0.5, 0.6) is 0 Å². The number of rotatable bonds is 16. The van der Waals surface area contributed by atoms with Crippen LogP contribution in [0.2, 0.25) is 0 Å². The van der Waals surface area contributed by atoms with Gasteiger partial charge in [0.05, 0.1) is 0 Å². The van der Waals surface area contributed by atoms with Crippen LogP contribution in [0.25, 0.3) is 0 Å². The van der Waals surface area contributed by atoms with Crippen LogP contribution in [0.1, 0.15) is 102 Å². The minimum absolute atomic E-state index is 1.25. The molecule has 0 aliphatic heterocycles. The molecule has 1 rings (SSSR count). The highest BCUT2D eigenvalue weighted by molar-refractivity contribution is 5.14. The van der Waals surface area contributed by atoms with Crippen LogP contribution in [-0.4, -0.2) is 0 Å². The molecular weight excluding hydrogens is 288 g/mol. The molecule has 0 spiro atoms. The fourth-order valence-corrected chi connectivity index (χ4v) is 3.22. The van der Waals surface area contributed by atoms with Crippen LogP contribution < -0.4 is 0 Å². The topological polar surface area (TPSA) is 0 Å². The summed E-state index contributed by atoms with van der Waals surface area (Å²) in [7, 11) is 0. The molecule has 136 valence electrons. The Morgan fingerprint density at radius 3 is 1.67 bits per heavy atom. The van der Waals surface area contributed by atoms with Gasteiger partial charge in [0.25, 0.3) is 0 Å². The Hall–Kier alpha value is -1.04. The largest absolute Gasteiger partial charge is 0.0885 e. The molecular formula is C24H40. The molecule has 0 radical (unpaired) electrons. The summed E-state index contributed by atoms with van der Waals surface area (Å²) < 4.78 is 0. The second-order valence-corrected chi connectivity index (χ2v) is 7.17. The van der Waals surface area contributed by atoms with Crippen molar-refractivity contribution in [3.8, 4) is 0 Å². The minimum Gasteiger partial charge on any atom is -0.0885 e. The quantitative estimate of drug-likeness (QED) is 0.211. The van der Waals surface area contributed by atoms with Crippen LogP contribution in [0.4, 0.5) is 0 Å². The monoisotopic (exact) mass is 328 g/mol. The summed E-state index contributed by atoms with van der Waals surface area (Å²) in [5.74, 6) is 0. The maximum atomic E-state index is 2.42. The van der Waals surface area contributed by atoms with Crippen molar-refractivity contribution in [1.29, 1.82) is 0 Å². The van der Waals surface area contributed by atoms with Crippen LogP contribution in [-0.2, 0) is 6.42 Å². The van der Waals surface area contributed by atoms with E-state index in [1.165, 1.54) is 102 Å². The Morgan fingerprint density at radius 1 is 0.583 bits per heavy atom. The van der Waals surface area contributed by atoms with E-state index in [0.717, 1.165) is 0 Å². The van der Waals surface area contributed by atoms with Gasteiger partial charge in [-0.05, 0) is 44.1 Å². The Balaban J connectivity index is 1.76. The van der Waals surface area contributed by atoms with E-state index < -0.39 is 0 Å². The SMILES string of the molecule is CCCCCCCCC=CCCCCCCCCc1ccccc1. The van der Waals surface area contributed by atoms with Gasteiger partial charge < -0.3 is 0 Å². The second kappa shape index (κ2) is 16.8. The van der Waals surface area contributed by atoms with Crippen molar-refractivity contribution in [3.63, 3.8) is 0 Å². The fraction of sp³-hybridized carbons (Fsp3) is 0.667. The molecule has 0 atom stereocenters. The Labute approximate surface area is 151 Å². The highest BCUT2D eigenvalue weighted by Crippen LogP contribution is 2.11. The van der Waals surface area contributed by atoms with Crippen LogP contribution >= 0.6 is 0 Å². The molecule has 0 aromatic heterocycles. The van der Waals surface area contributed by atoms with Crippen molar-refractivity contribution in [2.75, 3.05) is 0 Å². The van der Waals surface area contributed by atoms with Crippen molar-refractivity contribution in [1.82, 2.24) is 0 Å². The van der Waals surface area contributed by atoms with Gasteiger partial charge in [-0.3, -0.25) is 0 Å². The molecule has 0 aliphatic carbocycles. The van der Waals surface area contributed by atoms with Gasteiger partial charge in [-0.2, -0.15) is 0 Å². The first-order chi connectivity index (χ1) is 11.9. The number of unbranched alkanes of at least 4 members (excludes halogenated alkanes) is 12. The molecule has 0 heterocycles. The molecule has 0 nitrogen and oxygen atoms in total. The number of hydrogen-bond acceptors (Lipinski definition) is 0. The lowest BCUT2D eigenvalue weighted by Gasteiger charge is -2.02. The highest BCUT2D eigenvalue weighted by atomic mass is 14.0. The maximum absolute atomic E-state index is 2.42. The van der Waals surface area contributed by atoms with Crippen LogP contribution in [0.3, 0.4) is 0 Å². The molecule has 0 heteroatoms. The summed E-state index contributed by atoms with van der Waals surface area (Å²) in [5.41, 5.74) is 1.49. The summed E-state index contributed by atoms with van der Waals surface area (Å²) in [6.45, 7) is 2.29. The van der Waals surface area contributed by atoms with Crippen molar-refractivity contribution in [2.45, 2.75) is 103 Å². The molecule has 0 amide bonds. The van der Waals surface area contributed by atoms with Gasteiger partial charge in [-0.1, -0.05) is 107 Å². The Kier molecular flexibility index (Phi) is 14.7. The van der Waals surface area contributed by atoms with Crippen molar-refractivity contribution >= 4 is 0 Å². The number of benzene rings is 1. The molecule has 1 aromatic rings. The van der Waals surface area contributed by atoms with Crippen molar-refractivity contribution in [2.24, 2.45) is 0 Å². The van der Waals surface area contributed by atoms with Crippen LogP contribution in [0.15, 0.2) is 42.5 Å². The van der Waals surface area contributed by atoms with Crippen molar-refractivity contribution in [3.05, 3.63) is 48.0 Å². The van der Waals surface area contributed by atoms with Crippen molar-refractivity contribution < 1.29 is 0 Å². The third kappa shape index (κ3) is 13.4. The number of aryl methyl sites for hydroxylation is 1. The molecule has 0 unspecified atom stereocenters. The standard InChI is InChI=1S/C24H40/c1-2-3-4-5-6-7-8-9-10-11-12-13-14-15-16-18-21-24-22-19-17-20-23-24/h9-10,17,19-20,22-23H,2-8,11-16,18,21H2,1H3. The van der Waals surface area contributed by atoms with Gasteiger partial charge >= 0.3 is 0 Å². The fourth-order valence-electron chi connectivity index (χ4n) is 3.22. The first-order valence-corrected chi connectivity index (χ1v) is 10.6. The maximum Gasteiger partial charge on any atom is -0.0279 e. The molecule has 0 aliphatic rings. The minimum atomic E-state index is 1.25. The molecule has 0 bridgehead atoms. The van der Waals surface area contributed by atoms with Crippen LogP contribution in [0, 0.1) is 0 Å². The van der Waals surface area contributed by atoms with E-state index >= 15 is 0 Å². The lowest BCUT2D eigenvalue weighted by atomic mass is 10.0. The molecule has 24 heavy (non-hydrogen) atoms. The van der Waals surface area contributed by atoms with Gasteiger partial charge in [0, 0.05) is 0 Å². The van der Waals surface area contributed by atoms with E-state index in [4.69, 9.17) is 0 Å². The summed E-state index contributed by atoms with van der Waals surface area (Å²) in [6, 6.07) is 10.9. The van der Waals surface area contributed by atoms with Gasteiger partial charge in [0.1, 0.15) is 0 Å². The van der Waals surface area contributed by atoms with E-state index in [0.29, 0.717) is 0 Å². The molecule has 0 N–H and O–H groups in total. The summed E-state index contributed by atoms with van der Waals surface area (Å²) >= 11 is 0. The second-order valence-electron chi connectivity index (χ2n) is 7.17. The number of hydrogen-bond donors (Lipinski definition) is 0. The summed E-state index contributed by atoms with van der Waals surface area (Å²) in [5, 5.41) is 0. The van der Waals surface area contributed by atoms with E-state index in [9.17, 15) is 0 Å². The average molecular weight is 329 g/mol. The summed E-state index contributed by atoms with van der Waals surface area (Å²) in [4.78, 5) is 0. The average Bonchev–Trinajstić information content (AvgIpc) is 2.62. The zero-order chi connectivity index (χ0) is 17.1. The summed E-state index contributed by atoms with van der Waals surface area (Å²) in [6.07, 6.45) is 25.5. The van der Waals surface area contributed by atoms with E-state index in [2.05, 4.69) is 49.4 Å². The van der Waals surface area contributed by atoms with Gasteiger partial charge in [0.2, 0.25) is 0 Å². The zero-order valence-electron chi connectivity index (χ0n) is 16.1. The highest BCUT2D eigenvalue weighted by Gasteiger charge is 1.93. The lowest BCUT2D eigenvalue weighted by molar-refractivity contribution is 0.595. The normalized spacial score (nSPS) is 11.4. The Bertz CT molecular complexity index is 376.